The molecule has 20 heavy (non-hydrogen) atoms. The number of carboxylic acids is 1. The van der Waals surface area contributed by atoms with E-state index >= 15 is 0 Å². The number of rotatable bonds is 11. The smallest absolute Gasteiger partial charge is 0.303 e. The minimum atomic E-state index is -3.71. The average molecular weight is 310 g/mol. The predicted octanol–water partition coefficient (Wildman–Crippen LogP) is 3.89. The van der Waals surface area contributed by atoms with Crippen molar-refractivity contribution in [2.45, 2.75) is 78.1 Å². The summed E-state index contributed by atoms with van der Waals surface area (Å²) in [7, 11) is -3.71. The first-order valence-corrected chi connectivity index (χ1v) is 9.11. The number of hydrogen-bond donors (Lipinski definition) is 2. The second kappa shape index (κ2) is 14.8. The van der Waals surface area contributed by atoms with Gasteiger partial charge in [0.25, 0.3) is 10.1 Å². The molecule has 0 heterocycles. The van der Waals surface area contributed by atoms with E-state index in [1.54, 1.807) is 0 Å². The molecule has 0 radical (unpaired) electrons. The zero-order chi connectivity index (χ0) is 15.9. The van der Waals surface area contributed by atoms with Crippen molar-refractivity contribution < 1.29 is 22.9 Å². The van der Waals surface area contributed by atoms with Gasteiger partial charge < -0.3 is 5.11 Å². The highest BCUT2D eigenvalue weighted by Crippen LogP contribution is 2.03. The molecule has 0 saturated heterocycles. The van der Waals surface area contributed by atoms with E-state index in [-0.39, 0.29) is 5.75 Å². The van der Waals surface area contributed by atoms with Gasteiger partial charge in [-0.15, -0.1) is 0 Å². The lowest BCUT2D eigenvalue weighted by atomic mass is 10.2. The summed E-state index contributed by atoms with van der Waals surface area (Å²) in [6.07, 6.45) is 9.38. The lowest BCUT2D eigenvalue weighted by Crippen LogP contribution is -2.03. The van der Waals surface area contributed by atoms with E-state index in [9.17, 15) is 13.2 Å². The molecule has 0 amide bonds. The standard InChI is InChI=1S/C7H16O3S.C7H14O2/c1-2-3-4-5-6-7-11(8,9)10;1-2-3-4-5-6-7(8)9/h2-7H2,1H3,(H,8,9,10);2-6H2,1H3,(H,8,9). The largest absolute Gasteiger partial charge is 0.481 e. The second-order valence-corrected chi connectivity index (χ2v) is 6.48. The number of unbranched alkanes of at least 4 members (excludes halogenated alkanes) is 7. The van der Waals surface area contributed by atoms with Crippen LogP contribution >= 0.6 is 0 Å². The molecule has 0 aliphatic carbocycles. The van der Waals surface area contributed by atoms with Crippen molar-refractivity contribution in [3.05, 3.63) is 0 Å². The van der Waals surface area contributed by atoms with Crippen LogP contribution in [0.25, 0.3) is 0 Å². The van der Waals surface area contributed by atoms with Crippen LogP contribution in [-0.2, 0) is 14.9 Å². The maximum Gasteiger partial charge on any atom is 0.303 e. The minimum absolute atomic E-state index is 0.0866. The summed E-state index contributed by atoms with van der Waals surface area (Å²) in [5, 5.41) is 8.21. The Hall–Kier alpha value is -0.620. The molecular formula is C14H30O5S. The summed E-state index contributed by atoms with van der Waals surface area (Å²) in [6, 6.07) is 0. The normalized spacial score (nSPS) is 10.8. The Morgan fingerprint density at radius 1 is 0.850 bits per heavy atom. The molecule has 0 fully saturated rings. The van der Waals surface area contributed by atoms with Gasteiger partial charge in [0.2, 0.25) is 0 Å². The van der Waals surface area contributed by atoms with Gasteiger partial charge in [-0.05, 0) is 12.8 Å². The Balaban J connectivity index is 0. The average Bonchev–Trinajstić information content (AvgIpc) is 2.34. The maximum absolute atomic E-state index is 10.2. The van der Waals surface area contributed by atoms with Crippen LogP contribution in [0, 0.1) is 0 Å². The summed E-state index contributed by atoms with van der Waals surface area (Å²) in [5.74, 6) is -0.761. The molecule has 0 atom stereocenters. The van der Waals surface area contributed by atoms with Crippen molar-refractivity contribution in [1.29, 1.82) is 0 Å². The molecule has 0 bridgehead atoms. The Morgan fingerprint density at radius 2 is 1.30 bits per heavy atom. The zero-order valence-electron chi connectivity index (χ0n) is 12.8. The Labute approximate surface area is 123 Å². The van der Waals surface area contributed by atoms with Gasteiger partial charge in [-0.1, -0.05) is 58.8 Å². The molecule has 5 nitrogen and oxygen atoms in total. The molecule has 0 aliphatic heterocycles. The van der Waals surface area contributed by atoms with Gasteiger partial charge in [-0.3, -0.25) is 9.35 Å². The van der Waals surface area contributed by atoms with Crippen LogP contribution in [0.5, 0.6) is 0 Å². The molecule has 0 aliphatic rings. The molecule has 6 heteroatoms. The van der Waals surface area contributed by atoms with E-state index < -0.39 is 16.1 Å². The third kappa shape index (κ3) is 26.0. The van der Waals surface area contributed by atoms with Crippen LogP contribution in [0.15, 0.2) is 0 Å². The number of carboxylic acid groups (broad SMARTS) is 1. The minimum Gasteiger partial charge on any atom is -0.481 e. The van der Waals surface area contributed by atoms with Crippen LogP contribution in [0.2, 0.25) is 0 Å². The van der Waals surface area contributed by atoms with Crippen LogP contribution in [0.4, 0.5) is 0 Å². The van der Waals surface area contributed by atoms with E-state index in [1.807, 2.05) is 0 Å². The van der Waals surface area contributed by atoms with Crippen LogP contribution in [-0.4, -0.2) is 29.8 Å². The first-order chi connectivity index (χ1) is 9.33. The molecule has 0 spiro atoms. The van der Waals surface area contributed by atoms with Crippen molar-refractivity contribution in [2.24, 2.45) is 0 Å². The van der Waals surface area contributed by atoms with E-state index in [0.29, 0.717) is 12.8 Å². The van der Waals surface area contributed by atoms with Gasteiger partial charge in [-0.2, -0.15) is 8.42 Å². The summed E-state index contributed by atoms with van der Waals surface area (Å²) < 4.78 is 28.8. The molecule has 122 valence electrons. The topological polar surface area (TPSA) is 91.7 Å². The summed E-state index contributed by atoms with van der Waals surface area (Å²) >= 11 is 0. The third-order valence-corrected chi connectivity index (χ3v) is 3.55. The van der Waals surface area contributed by atoms with E-state index in [4.69, 9.17) is 9.66 Å². The molecule has 0 saturated carbocycles. The van der Waals surface area contributed by atoms with E-state index in [1.165, 1.54) is 6.42 Å². The molecule has 0 aromatic carbocycles. The van der Waals surface area contributed by atoms with E-state index in [2.05, 4.69) is 13.8 Å². The number of carbonyl (C=O) groups is 1. The van der Waals surface area contributed by atoms with Gasteiger partial charge in [0.05, 0.1) is 5.75 Å². The Morgan fingerprint density at radius 3 is 1.70 bits per heavy atom. The number of hydrogen-bond acceptors (Lipinski definition) is 3. The fourth-order valence-corrected chi connectivity index (χ4v) is 2.16. The Kier molecular flexibility index (Phi) is 16.0. The quantitative estimate of drug-likeness (QED) is 0.446. The van der Waals surface area contributed by atoms with Crippen molar-refractivity contribution in [2.75, 3.05) is 5.75 Å². The fraction of sp³-hybridized carbons (Fsp3) is 0.929. The first-order valence-electron chi connectivity index (χ1n) is 7.50. The first kappa shape index (κ1) is 21.7. The van der Waals surface area contributed by atoms with Gasteiger partial charge in [0, 0.05) is 6.42 Å². The van der Waals surface area contributed by atoms with Crippen LogP contribution in [0.3, 0.4) is 0 Å². The highest BCUT2D eigenvalue weighted by atomic mass is 32.2. The van der Waals surface area contributed by atoms with E-state index in [0.717, 1.165) is 44.9 Å². The van der Waals surface area contributed by atoms with Crippen molar-refractivity contribution in [3.8, 4) is 0 Å². The van der Waals surface area contributed by atoms with Crippen molar-refractivity contribution in [1.82, 2.24) is 0 Å². The molecule has 0 rings (SSSR count). The zero-order valence-corrected chi connectivity index (χ0v) is 13.6. The molecule has 2 N–H and O–H groups in total. The van der Waals surface area contributed by atoms with Gasteiger partial charge in [0.15, 0.2) is 0 Å². The molecule has 0 unspecified atom stereocenters. The fourth-order valence-electron chi connectivity index (χ4n) is 1.59. The Bertz CT molecular complexity index is 312. The van der Waals surface area contributed by atoms with Gasteiger partial charge in [-0.25, -0.2) is 0 Å². The summed E-state index contributed by atoms with van der Waals surface area (Å²) in [4.78, 5) is 9.96. The summed E-state index contributed by atoms with van der Waals surface area (Å²) in [5.41, 5.74) is 0. The highest BCUT2D eigenvalue weighted by molar-refractivity contribution is 7.85. The van der Waals surface area contributed by atoms with Crippen molar-refractivity contribution in [3.63, 3.8) is 0 Å². The maximum atomic E-state index is 10.2. The summed E-state index contributed by atoms with van der Waals surface area (Å²) in [6.45, 7) is 4.21. The number of aliphatic carboxylic acids is 1. The highest BCUT2D eigenvalue weighted by Gasteiger charge is 2.02. The molecular weight excluding hydrogens is 280 g/mol. The third-order valence-electron chi connectivity index (χ3n) is 2.75. The van der Waals surface area contributed by atoms with Crippen LogP contribution in [0.1, 0.15) is 78.1 Å². The second-order valence-electron chi connectivity index (χ2n) is 4.90. The molecule has 0 aromatic rings. The SMILES string of the molecule is CCCCCCC(=O)O.CCCCCCCS(=O)(=O)O. The lowest BCUT2D eigenvalue weighted by molar-refractivity contribution is -0.137. The monoisotopic (exact) mass is 310 g/mol. The van der Waals surface area contributed by atoms with Gasteiger partial charge in [0.1, 0.15) is 0 Å². The van der Waals surface area contributed by atoms with Crippen LogP contribution < -0.4 is 0 Å². The van der Waals surface area contributed by atoms with Crippen molar-refractivity contribution >= 4 is 16.1 Å². The molecule has 0 aromatic heterocycles. The van der Waals surface area contributed by atoms with Gasteiger partial charge >= 0.3 is 5.97 Å². The lowest BCUT2D eigenvalue weighted by Gasteiger charge is -1.96. The predicted molar refractivity (Wildman–Crippen MR) is 81.6 cm³/mol.